The molecule has 2 N–H and O–H groups in total. The summed E-state index contributed by atoms with van der Waals surface area (Å²) in [4.78, 5) is 13.4. The Balaban J connectivity index is 1.54. The molecule has 144 valence electrons. The predicted molar refractivity (Wildman–Crippen MR) is 113 cm³/mol. The van der Waals surface area contributed by atoms with Crippen molar-refractivity contribution in [1.29, 1.82) is 0 Å². The maximum Gasteiger partial charge on any atom is 0.191 e. The minimum Gasteiger partial charge on any atom is -0.355 e. The third-order valence-electron chi connectivity index (χ3n) is 5.41. The van der Waals surface area contributed by atoms with Gasteiger partial charge in [0.25, 0.3) is 0 Å². The summed E-state index contributed by atoms with van der Waals surface area (Å²) < 4.78 is 0. The number of likely N-dealkylation sites (N-methyl/N-ethyl adjacent to an activating group) is 1. The molecule has 0 bridgehead atoms. The molecule has 2 aliphatic heterocycles. The van der Waals surface area contributed by atoms with Crippen molar-refractivity contribution < 1.29 is 0 Å². The van der Waals surface area contributed by atoms with E-state index in [0.29, 0.717) is 11.1 Å². The lowest BCUT2D eigenvalue weighted by atomic mass is 9.97. The molecule has 3 rings (SSSR count). The molecule has 1 aromatic rings. The highest BCUT2D eigenvalue weighted by Gasteiger charge is 2.36. The molecule has 0 amide bonds. The van der Waals surface area contributed by atoms with Gasteiger partial charge in [0.15, 0.2) is 5.96 Å². The van der Waals surface area contributed by atoms with Crippen LogP contribution in [0.25, 0.3) is 0 Å². The molecular formula is C18H29ClN6S. The third-order valence-corrected chi connectivity index (χ3v) is 6.94. The zero-order valence-corrected chi connectivity index (χ0v) is 17.4. The summed E-state index contributed by atoms with van der Waals surface area (Å²) in [5.74, 6) is 4.14. The second kappa shape index (κ2) is 8.67. The average molecular weight is 397 g/mol. The fraction of sp³-hybridized carbons (Fsp3) is 0.667. The van der Waals surface area contributed by atoms with Crippen LogP contribution in [0, 0.1) is 0 Å². The van der Waals surface area contributed by atoms with E-state index >= 15 is 0 Å². The number of rotatable bonds is 5. The number of hydrogen-bond donors (Lipinski definition) is 2. The Kier molecular flexibility index (Phi) is 6.53. The third kappa shape index (κ3) is 4.38. The van der Waals surface area contributed by atoms with Gasteiger partial charge in [-0.15, -0.1) is 0 Å². The van der Waals surface area contributed by atoms with E-state index in [2.05, 4.69) is 44.5 Å². The lowest BCUT2D eigenvalue weighted by Crippen LogP contribution is -2.55. The molecule has 1 aromatic heterocycles. The van der Waals surface area contributed by atoms with Crippen LogP contribution in [0.1, 0.15) is 12.8 Å². The molecule has 26 heavy (non-hydrogen) atoms. The summed E-state index contributed by atoms with van der Waals surface area (Å²) in [5, 5.41) is 7.83. The first-order valence-electron chi connectivity index (χ1n) is 9.12. The van der Waals surface area contributed by atoms with Crippen molar-refractivity contribution in [2.45, 2.75) is 24.4 Å². The molecule has 0 aliphatic carbocycles. The van der Waals surface area contributed by atoms with E-state index in [0.717, 1.165) is 37.8 Å². The van der Waals surface area contributed by atoms with Gasteiger partial charge in [-0.1, -0.05) is 11.6 Å². The van der Waals surface area contributed by atoms with Crippen molar-refractivity contribution >= 4 is 35.1 Å². The van der Waals surface area contributed by atoms with Gasteiger partial charge in [-0.05, 0) is 44.8 Å². The number of hydrogen-bond acceptors (Lipinski definition) is 5. The highest BCUT2D eigenvalue weighted by atomic mass is 35.5. The molecule has 0 radical (unpaired) electrons. The summed E-state index contributed by atoms with van der Waals surface area (Å²) in [5.41, 5.74) is 0.214. The molecule has 2 atom stereocenters. The smallest absolute Gasteiger partial charge is 0.191 e. The number of thioether (sulfide) groups is 1. The van der Waals surface area contributed by atoms with Crippen molar-refractivity contribution in [2.75, 3.05) is 57.2 Å². The summed E-state index contributed by atoms with van der Waals surface area (Å²) in [6.45, 7) is 2.74. The SMILES string of the molecule is CN=C(NCC1(N(C)C)CCSC1)NC1CCN(c2ncccc2Cl)C1. The van der Waals surface area contributed by atoms with Gasteiger partial charge in [0.1, 0.15) is 5.82 Å². The van der Waals surface area contributed by atoms with E-state index in [9.17, 15) is 0 Å². The molecule has 2 aliphatic rings. The van der Waals surface area contributed by atoms with Gasteiger partial charge in [0.05, 0.1) is 5.02 Å². The Morgan fingerprint density at radius 3 is 3.04 bits per heavy atom. The van der Waals surface area contributed by atoms with Crippen LogP contribution >= 0.6 is 23.4 Å². The Bertz CT molecular complexity index is 632. The predicted octanol–water partition coefficient (Wildman–Crippen LogP) is 1.92. The maximum atomic E-state index is 6.29. The van der Waals surface area contributed by atoms with Crippen LogP contribution in [0.5, 0.6) is 0 Å². The zero-order chi connectivity index (χ0) is 18.6. The Morgan fingerprint density at radius 1 is 1.54 bits per heavy atom. The molecule has 2 fully saturated rings. The van der Waals surface area contributed by atoms with E-state index in [1.165, 1.54) is 17.9 Å². The van der Waals surface area contributed by atoms with E-state index in [-0.39, 0.29) is 5.54 Å². The molecule has 2 unspecified atom stereocenters. The number of guanidine groups is 1. The fourth-order valence-corrected chi connectivity index (χ4v) is 5.36. The molecule has 2 saturated heterocycles. The van der Waals surface area contributed by atoms with Gasteiger partial charge in [-0.2, -0.15) is 11.8 Å². The summed E-state index contributed by atoms with van der Waals surface area (Å²) in [6, 6.07) is 4.10. The second-order valence-corrected chi connectivity index (χ2v) is 8.74. The van der Waals surface area contributed by atoms with Gasteiger partial charge in [0, 0.05) is 50.2 Å². The van der Waals surface area contributed by atoms with Gasteiger partial charge < -0.3 is 20.4 Å². The maximum absolute atomic E-state index is 6.29. The lowest BCUT2D eigenvalue weighted by molar-refractivity contribution is 0.183. The number of halogens is 1. The normalized spacial score (nSPS) is 26.6. The molecular weight excluding hydrogens is 368 g/mol. The number of aliphatic imine (C=N–C) groups is 1. The minimum absolute atomic E-state index is 0.214. The second-order valence-electron chi connectivity index (χ2n) is 7.23. The Morgan fingerprint density at radius 2 is 2.38 bits per heavy atom. The standard InChI is InChI=1S/C18H29ClN6S/c1-20-17(22-12-18(24(2)3)7-10-26-13-18)23-14-6-9-25(11-14)16-15(19)5-4-8-21-16/h4-5,8,14H,6-7,9-13H2,1-3H3,(H2,20,22,23). The van der Waals surface area contributed by atoms with E-state index in [1.54, 1.807) is 6.20 Å². The zero-order valence-electron chi connectivity index (χ0n) is 15.8. The largest absolute Gasteiger partial charge is 0.355 e. The van der Waals surface area contributed by atoms with Crippen molar-refractivity contribution in [3.8, 4) is 0 Å². The number of pyridine rings is 1. The van der Waals surface area contributed by atoms with Crippen LogP contribution < -0.4 is 15.5 Å². The number of aromatic nitrogens is 1. The van der Waals surface area contributed by atoms with Gasteiger partial charge >= 0.3 is 0 Å². The molecule has 3 heterocycles. The molecule has 0 aromatic carbocycles. The van der Waals surface area contributed by atoms with Crippen LogP contribution in [-0.2, 0) is 0 Å². The average Bonchev–Trinajstić information content (AvgIpc) is 3.29. The molecule has 0 saturated carbocycles. The van der Waals surface area contributed by atoms with Crippen LogP contribution in [0.3, 0.4) is 0 Å². The lowest BCUT2D eigenvalue weighted by Gasteiger charge is -2.36. The molecule has 0 spiro atoms. The van der Waals surface area contributed by atoms with Crippen LogP contribution in [0.15, 0.2) is 23.3 Å². The van der Waals surface area contributed by atoms with Crippen LogP contribution in [0.4, 0.5) is 5.82 Å². The number of nitrogens with zero attached hydrogens (tertiary/aromatic N) is 4. The number of nitrogens with one attached hydrogen (secondary N) is 2. The van der Waals surface area contributed by atoms with E-state index < -0.39 is 0 Å². The highest BCUT2D eigenvalue weighted by Crippen LogP contribution is 2.31. The summed E-state index contributed by atoms with van der Waals surface area (Å²) >= 11 is 8.32. The van der Waals surface area contributed by atoms with Crippen molar-refractivity contribution in [2.24, 2.45) is 4.99 Å². The summed E-state index contributed by atoms with van der Waals surface area (Å²) in [6.07, 6.45) is 4.05. The Labute approximate surface area is 165 Å². The topological polar surface area (TPSA) is 55.8 Å². The number of anilines is 1. The van der Waals surface area contributed by atoms with Gasteiger partial charge in [-0.3, -0.25) is 4.99 Å². The van der Waals surface area contributed by atoms with Crippen LogP contribution in [0.2, 0.25) is 5.02 Å². The highest BCUT2D eigenvalue weighted by molar-refractivity contribution is 7.99. The first-order chi connectivity index (χ1) is 12.5. The van der Waals surface area contributed by atoms with Crippen molar-refractivity contribution in [3.05, 3.63) is 23.4 Å². The van der Waals surface area contributed by atoms with E-state index in [1.807, 2.05) is 30.9 Å². The summed E-state index contributed by atoms with van der Waals surface area (Å²) in [7, 11) is 6.19. The van der Waals surface area contributed by atoms with Crippen molar-refractivity contribution in [3.63, 3.8) is 0 Å². The van der Waals surface area contributed by atoms with Crippen LogP contribution in [-0.4, -0.2) is 79.7 Å². The first-order valence-corrected chi connectivity index (χ1v) is 10.7. The van der Waals surface area contributed by atoms with E-state index in [4.69, 9.17) is 11.6 Å². The Hall–Kier alpha value is -1.18. The van der Waals surface area contributed by atoms with Gasteiger partial charge in [-0.25, -0.2) is 4.98 Å². The molecule has 6 nitrogen and oxygen atoms in total. The van der Waals surface area contributed by atoms with Gasteiger partial charge in [0.2, 0.25) is 0 Å². The van der Waals surface area contributed by atoms with Crippen molar-refractivity contribution in [1.82, 2.24) is 20.5 Å². The molecule has 8 heteroatoms. The monoisotopic (exact) mass is 396 g/mol. The minimum atomic E-state index is 0.214. The fourth-order valence-electron chi connectivity index (χ4n) is 3.56. The quantitative estimate of drug-likeness (QED) is 0.585. The first kappa shape index (κ1) is 19.6.